The minimum Gasteiger partial charge on any atom is -0.378 e. The number of carbonyl (C=O) groups is 1. The largest absolute Gasteiger partial charge is 0.378 e. The predicted molar refractivity (Wildman–Crippen MR) is 147 cm³/mol. The molecule has 0 spiro atoms. The number of fused-ring (bicyclic) bond motifs is 3. The molecule has 0 aliphatic carbocycles. The molecule has 0 unspecified atom stereocenters. The lowest BCUT2D eigenvalue weighted by molar-refractivity contribution is -0.142. The Morgan fingerprint density at radius 2 is 1.66 bits per heavy atom. The molecule has 200 valence electrons. The molecule has 3 aromatic rings. The number of amides is 1. The van der Waals surface area contributed by atoms with Crippen LogP contribution in [0.4, 0.5) is 5.69 Å². The van der Waals surface area contributed by atoms with Crippen LogP contribution in [-0.4, -0.2) is 79.5 Å². The SMILES string of the molecule is Cc1ccc2cc(-c3cc(S(=O)(=O)N4CC[C@H]4C(=O)N4CCOCC4)ccc3N3C4CCC3CC4)[nH]c2c1. The van der Waals surface area contributed by atoms with Crippen LogP contribution in [0.3, 0.4) is 0 Å². The highest BCUT2D eigenvalue weighted by atomic mass is 32.2. The molecule has 38 heavy (non-hydrogen) atoms. The Bertz CT molecular complexity index is 1490. The minimum absolute atomic E-state index is 0.111. The topological polar surface area (TPSA) is 85.9 Å². The highest BCUT2D eigenvalue weighted by Gasteiger charge is 2.45. The first-order valence-corrected chi connectivity index (χ1v) is 15.2. The lowest BCUT2D eigenvalue weighted by atomic mass is 10.0. The molecular weight excluding hydrogens is 500 g/mol. The molecule has 5 heterocycles. The number of carbonyl (C=O) groups excluding carboxylic acids is 1. The number of nitrogens with one attached hydrogen (secondary N) is 1. The second kappa shape index (κ2) is 9.10. The van der Waals surface area contributed by atoms with E-state index >= 15 is 0 Å². The van der Waals surface area contributed by atoms with Gasteiger partial charge in [0.2, 0.25) is 15.9 Å². The molecule has 4 saturated heterocycles. The first kappa shape index (κ1) is 24.2. The number of sulfonamides is 1. The Balaban J connectivity index is 1.27. The van der Waals surface area contributed by atoms with E-state index in [1.807, 2.05) is 12.1 Å². The lowest BCUT2D eigenvalue weighted by Gasteiger charge is -2.41. The van der Waals surface area contributed by atoms with Crippen molar-refractivity contribution in [2.45, 2.75) is 62.0 Å². The molecule has 1 aromatic heterocycles. The quantitative estimate of drug-likeness (QED) is 0.537. The molecule has 4 aliphatic heterocycles. The highest BCUT2D eigenvalue weighted by Crippen LogP contribution is 2.46. The summed E-state index contributed by atoms with van der Waals surface area (Å²) in [6, 6.07) is 14.4. The molecule has 9 heteroatoms. The fraction of sp³-hybridized carbons (Fsp3) is 0.483. The van der Waals surface area contributed by atoms with E-state index < -0.39 is 16.1 Å². The summed E-state index contributed by atoms with van der Waals surface area (Å²) in [5.41, 5.74) is 5.15. The maximum atomic E-state index is 13.9. The van der Waals surface area contributed by atoms with Crippen LogP contribution >= 0.6 is 0 Å². The average Bonchev–Trinajstić information content (AvgIpc) is 3.62. The van der Waals surface area contributed by atoms with Crippen molar-refractivity contribution in [1.82, 2.24) is 14.2 Å². The Morgan fingerprint density at radius 1 is 0.921 bits per heavy atom. The number of aryl methyl sites for hydroxylation is 1. The van der Waals surface area contributed by atoms with E-state index in [1.165, 1.54) is 35.6 Å². The number of H-pyrrole nitrogens is 1. The van der Waals surface area contributed by atoms with Crippen molar-refractivity contribution in [2.24, 2.45) is 0 Å². The number of benzene rings is 2. The van der Waals surface area contributed by atoms with Crippen LogP contribution in [0, 0.1) is 6.92 Å². The van der Waals surface area contributed by atoms with Gasteiger partial charge in [-0.1, -0.05) is 12.1 Å². The number of aromatic amines is 1. The first-order valence-electron chi connectivity index (χ1n) is 13.8. The zero-order chi connectivity index (χ0) is 26.0. The van der Waals surface area contributed by atoms with Gasteiger partial charge < -0.3 is 19.5 Å². The summed E-state index contributed by atoms with van der Waals surface area (Å²) in [5, 5.41) is 1.10. The van der Waals surface area contributed by atoms with Crippen LogP contribution in [0.2, 0.25) is 0 Å². The molecule has 7 rings (SSSR count). The number of morpholine rings is 1. The van der Waals surface area contributed by atoms with Crippen LogP contribution < -0.4 is 4.90 Å². The number of rotatable bonds is 5. The monoisotopic (exact) mass is 534 g/mol. The van der Waals surface area contributed by atoms with Gasteiger partial charge in [0.1, 0.15) is 6.04 Å². The van der Waals surface area contributed by atoms with E-state index in [9.17, 15) is 13.2 Å². The number of nitrogens with zero attached hydrogens (tertiary/aromatic N) is 3. The second-order valence-corrected chi connectivity index (χ2v) is 13.1. The summed E-state index contributed by atoms with van der Waals surface area (Å²) >= 11 is 0. The fourth-order valence-corrected chi connectivity index (χ4v) is 8.49. The van der Waals surface area contributed by atoms with Gasteiger partial charge in [-0.05, 0) is 74.9 Å². The number of anilines is 1. The maximum Gasteiger partial charge on any atom is 0.243 e. The lowest BCUT2D eigenvalue weighted by Crippen LogP contribution is -2.60. The van der Waals surface area contributed by atoms with Gasteiger partial charge in [0.15, 0.2) is 0 Å². The maximum absolute atomic E-state index is 13.9. The molecular formula is C29H34N4O4S. The molecule has 4 aliphatic rings. The standard InChI is InChI=1S/C29H34N4O4S/c1-19-2-3-20-17-26(30-25(20)16-19)24-18-23(8-9-27(24)33-21-4-5-22(33)7-6-21)38(35,36)32-11-10-28(32)29(34)31-12-14-37-15-13-31/h2-3,8-9,16-18,21-22,28,30H,4-7,10-15H2,1H3/t21?,22?,28-/m0/s1. The smallest absolute Gasteiger partial charge is 0.243 e. The molecule has 1 N–H and O–H groups in total. The van der Waals surface area contributed by atoms with Gasteiger partial charge in [-0.15, -0.1) is 0 Å². The summed E-state index contributed by atoms with van der Waals surface area (Å²) in [4.78, 5) is 21.2. The van der Waals surface area contributed by atoms with Crippen LogP contribution in [0.1, 0.15) is 37.7 Å². The Hall–Kier alpha value is -2.88. The van der Waals surface area contributed by atoms with Crippen molar-refractivity contribution in [3.8, 4) is 11.3 Å². The third-order valence-electron chi connectivity index (χ3n) is 8.95. The fourth-order valence-electron chi connectivity index (χ4n) is 6.84. The summed E-state index contributed by atoms with van der Waals surface area (Å²) < 4.78 is 34.5. The van der Waals surface area contributed by atoms with Crippen LogP contribution in [0.15, 0.2) is 47.4 Å². The van der Waals surface area contributed by atoms with Gasteiger partial charge in [-0.3, -0.25) is 4.79 Å². The normalized spacial score (nSPS) is 25.8. The number of aromatic nitrogens is 1. The summed E-state index contributed by atoms with van der Waals surface area (Å²) in [6.07, 6.45) is 5.31. The molecule has 4 fully saturated rings. The van der Waals surface area contributed by atoms with Crippen molar-refractivity contribution in [3.63, 3.8) is 0 Å². The average molecular weight is 535 g/mol. The van der Waals surface area contributed by atoms with Gasteiger partial charge in [0.05, 0.1) is 18.1 Å². The molecule has 8 nitrogen and oxygen atoms in total. The molecule has 1 atom stereocenters. The Labute approximate surface area is 223 Å². The van der Waals surface area contributed by atoms with Gasteiger partial charge >= 0.3 is 0 Å². The predicted octanol–water partition coefficient (Wildman–Crippen LogP) is 3.90. The van der Waals surface area contributed by atoms with Crippen molar-refractivity contribution >= 4 is 32.5 Å². The van der Waals surface area contributed by atoms with Gasteiger partial charge in [0, 0.05) is 59.6 Å². The van der Waals surface area contributed by atoms with Crippen molar-refractivity contribution in [3.05, 3.63) is 48.0 Å². The van der Waals surface area contributed by atoms with Crippen molar-refractivity contribution in [1.29, 1.82) is 0 Å². The minimum atomic E-state index is -3.83. The first-order chi connectivity index (χ1) is 18.4. The van der Waals surface area contributed by atoms with Gasteiger partial charge in [-0.2, -0.15) is 4.31 Å². The molecule has 2 bridgehead atoms. The van der Waals surface area contributed by atoms with Gasteiger partial charge in [-0.25, -0.2) is 8.42 Å². The number of hydrogen-bond acceptors (Lipinski definition) is 5. The van der Waals surface area contributed by atoms with E-state index in [1.54, 1.807) is 11.0 Å². The van der Waals surface area contributed by atoms with E-state index in [0.29, 0.717) is 51.4 Å². The third-order valence-corrected chi connectivity index (χ3v) is 10.9. The van der Waals surface area contributed by atoms with Crippen LogP contribution in [0.5, 0.6) is 0 Å². The van der Waals surface area contributed by atoms with Crippen LogP contribution in [0.25, 0.3) is 22.2 Å². The van der Waals surface area contributed by atoms with E-state index in [-0.39, 0.29) is 10.8 Å². The molecule has 1 amide bonds. The second-order valence-electron chi connectivity index (χ2n) is 11.2. The van der Waals surface area contributed by atoms with E-state index in [0.717, 1.165) is 27.8 Å². The molecule has 0 radical (unpaired) electrons. The Kier molecular flexibility index (Phi) is 5.79. The Morgan fingerprint density at radius 3 is 2.34 bits per heavy atom. The zero-order valence-corrected chi connectivity index (χ0v) is 22.5. The summed E-state index contributed by atoms with van der Waals surface area (Å²) in [7, 11) is -3.83. The third kappa shape index (κ3) is 3.86. The number of ether oxygens (including phenoxy) is 1. The summed E-state index contributed by atoms with van der Waals surface area (Å²) in [5.74, 6) is -0.111. The summed E-state index contributed by atoms with van der Waals surface area (Å²) in [6.45, 7) is 4.46. The van der Waals surface area contributed by atoms with E-state index in [2.05, 4.69) is 41.1 Å². The van der Waals surface area contributed by atoms with E-state index in [4.69, 9.17) is 4.74 Å². The number of hydrogen-bond donors (Lipinski definition) is 1. The molecule has 2 aromatic carbocycles. The zero-order valence-electron chi connectivity index (χ0n) is 21.7. The molecule has 0 saturated carbocycles. The van der Waals surface area contributed by atoms with Crippen molar-refractivity contribution < 1.29 is 17.9 Å². The van der Waals surface area contributed by atoms with Crippen LogP contribution in [-0.2, 0) is 19.6 Å². The highest BCUT2D eigenvalue weighted by molar-refractivity contribution is 7.89. The van der Waals surface area contributed by atoms with Crippen molar-refractivity contribution in [2.75, 3.05) is 37.7 Å². The van der Waals surface area contributed by atoms with Gasteiger partial charge in [0.25, 0.3) is 0 Å².